The van der Waals surface area contributed by atoms with Gasteiger partial charge in [-0.15, -0.1) is 10.2 Å². The number of hydrogen-bond acceptors (Lipinski definition) is 5. The third kappa shape index (κ3) is 4.51. The van der Waals surface area contributed by atoms with Crippen LogP contribution < -0.4 is 5.32 Å². The zero-order valence-electron chi connectivity index (χ0n) is 16.6. The highest BCUT2D eigenvalue weighted by Crippen LogP contribution is 2.24. The number of carboxylic acid groups (broad SMARTS) is 1. The fraction of sp³-hybridized carbons (Fsp3) is 0.273. The molecule has 1 atom stereocenters. The molecule has 0 saturated carbocycles. The van der Waals surface area contributed by atoms with Gasteiger partial charge in [0.05, 0.1) is 0 Å². The van der Waals surface area contributed by atoms with Crippen LogP contribution in [0.15, 0.2) is 52.9 Å². The van der Waals surface area contributed by atoms with Crippen molar-refractivity contribution in [2.45, 2.75) is 39.2 Å². The summed E-state index contributed by atoms with van der Waals surface area (Å²) in [5.74, 6) is -0.743. The number of carbonyl (C=O) groups is 2. The lowest BCUT2D eigenvalue weighted by Gasteiger charge is -2.25. The molecule has 7 nitrogen and oxygen atoms in total. The van der Waals surface area contributed by atoms with Gasteiger partial charge in [0.15, 0.2) is 0 Å². The van der Waals surface area contributed by atoms with Gasteiger partial charge in [-0.05, 0) is 56.7 Å². The van der Waals surface area contributed by atoms with Crippen molar-refractivity contribution in [1.29, 1.82) is 0 Å². The van der Waals surface area contributed by atoms with Crippen molar-refractivity contribution in [2.24, 2.45) is 0 Å². The van der Waals surface area contributed by atoms with E-state index in [0.29, 0.717) is 35.7 Å². The van der Waals surface area contributed by atoms with Crippen LogP contribution in [0.1, 0.15) is 42.6 Å². The number of aryl methyl sites for hydroxylation is 1. The molecule has 3 rings (SSSR count). The lowest BCUT2D eigenvalue weighted by Crippen LogP contribution is -2.52. The largest absolute Gasteiger partial charge is 0.480 e. The summed E-state index contributed by atoms with van der Waals surface area (Å²) in [6.45, 7) is 5.38. The first-order valence-electron chi connectivity index (χ1n) is 9.39. The molecule has 0 fully saturated rings. The number of carbonyl (C=O) groups excluding carboxylic acids is 1. The van der Waals surface area contributed by atoms with Crippen LogP contribution in [0.3, 0.4) is 0 Å². The standard InChI is InChI=1S/C22H23N3O4/c1-4-13-22(3,21(27)28)23-18(26)15-9-11-17(12-10-15)20-25-24-19(29-20)16-7-5-14(2)6-8-16/h5-12H,4,13H2,1-3H3,(H,23,26)(H,27,28). The van der Waals surface area contributed by atoms with Crippen molar-refractivity contribution in [1.82, 2.24) is 15.5 Å². The molecule has 0 aliphatic heterocycles. The second kappa shape index (κ2) is 8.26. The maximum absolute atomic E-state index is 12.5. The summed E-state index contributed by atoms with van der Waals surface area (Å²) in [6.07, 6.45) is 0.985. The molecular formula is C22H23N3O4. The Bertz CT molecular complexity index is 1010. The molecule has 1 unspecified atom stereocenters. The summed E-state index contributed by atoms with van der Waals surface area (Å²) in [5, 5.41) is 20.2. The van der Waals surface area contributed by atoms with Crippen LogP contribution in [0.4, 0.5) is 0 Å². The van der Waals surface area contributed by atoms with E-state index < -0.39 is 17.4 Å². The zero-order chi connectivity index (χ0) is 21.0. The van der Waals surface area contributed by atoms with Crippen molar-refractivity contribution in [2.75, 3.05) is 0 Å². The molecular weight excluding hydrogens is 370 g/mol. The van der Waals surface area contributed by atoms with E-state index in [4.69, 9.17) is 4.42 Å². The quantitative estimate of drug-likeness (QED) is 0.626. The highest BCUT2D eigenvalue weighted by atomic mass is 16.4. The summed E-state index contributed by atoms with van der Waals surface area (Å²) >= 11 is 0. The Balaban J connectivity index is 1.76. The van der Waals surface area contributed by atoms with Crippen LogP contribution in [0.5, 0.6) is 0 Å². The summed E-state index contributed by atoms with van der Waals surface area (Å²) in [5.41, 5.74) is 1.69. The van der Waals surface area contributed by atoms with Crippen LogP contribution in [0, 0.1) is 6.92 Å². The SMILES string of the molecule is CCCC(C)(NC(=O)c1ccc(-c2nnc(-c3ccc(C)cc3)o2)cc1)C(=O)O. The van der Waals surface area contributed by atoms with Crippen molar-refractivity contribution in [3.05, 3.63) is 59.7 Å². The second-order valence-corrected chi connectivity index (χ2v) is 7.20. The number of nitrogens with one attached hydrogen (secondary N) is 1. The van der Waals surface area contributed by atoms with Gasteiger partial charge in [0.2, 0.25) is 11.8 Å². The second-order valence-electron chi connectivity index (χ2n) is 7.20. The van der Waals surface area contributed by atoms with Gasteiger partial charge in [-0.3, -0.25) is 4.79 Å². The minimum absolute atomic E-state index is 0.342. The third-order valence-corrected chi connectivity index (χ3v) is 4.73. The van der Waals surface area contributed by atoms with Gasteiger partial charge < -0.3 is 14.8 Å². The lowest BCUT2D eigenvalue weighted by atomic mass is 9.95. The van der Waals surface area contributed by atoms with Gasteiger partial charge in [-0.1, -0.05) is 31.0 Å². The summed E-state index contributed by atoms with van der Waals surface area (Å²) in [6, 6.07) is 14.4. The molecule has 1 aromatic heterocycles. The summed E-state index contributed by atoms with van der Waals surface area (Å²) in [4.78, 5) is 24.0. The number of hydrogen-bond donors (Lipinski definition) is 2. The van der Waals surface area contributed by atoms with Crippen LogP contribution in [-0.2, 0) is 4.79 Å². The first kappa shape index (κ1) is 20.3. The monoisotopic (exact) mass is 393 g/mol. The van der Waals surface area contributed by atoms with E-state index in [2.05, 4.69) is 15.5 Å². The molecule has 0 bridgehead atoms. The minimum atomic E-state index is -1.31. The minimum Gasteiger partial charge on any atom is -0.480 e. The van der Waals surface area contributed by atoms with E-state index in [-0.39, 0.29) is 0 Å². The average molecular weight is 393 g/mol. The van der Waals surface area contributed by atoms with Gasteiger partial charge in [0, 0.05) is 16.7 Å². The number of carboxylic acids is 1. The Morgan fingerprint density at radius 1 is 1.00 bits per heavy atom. The van der Waals surface area contributed by atoms with Gasteiger partial charge in [-0.25, -0.2) is 4.79 Å². The Kier molecular flexibility index (Phi) is 5.77. The Morgan fingerprint density at radius 2 is 1.52 bits per heavy atom. The topological polar surface area (TPSA) is 105 Å². The molecule has 7 heteroatoms. The average Bonchev–Trinajstić information content (AvgIpc) is 3.19. The molecule has 0 radical (unpaired) electrons. The molecule has 0 spiro atoms. The third-order valence-electron chi connectivity index (χ3n) is 4.73. The molecule has 3 aromatic rings. The molecule has 0 saturated heterocycles. The maximum Gasteiger partial charge on any atom is 0.329 e. The Hall–Kier alpha value is -3.48. The van der Waals surface area contributed by atoms with E-state index in [1.165, 1.54) is 6.92 Å². The van der Waals surface area contributed by atoms with Crippen molar-refractivity contribution < 1.29 is 19.1 Å². The fourth-order valence-corrected chi connectivity index (χ4v) is 2.96. The number of amides is 1. The lowest BCUT2D eigenvalue weighted by molar-refractivity contribution is -0.144. The Labute approximate surface area is 168 Å². The molecule has 29 heavy (non-hydrogen) atoms. The van der Waals surface area contributed by atoms with Gasteiger partial charge in [-0.2, -0.15) is 0 Å². The van der Waals surface area contributed by atoms with Gasteiger partial charge >= 0.3 is 5.97 Å². The fourth-order valence-electron chi connectivity index (χ4n) is 2.96. The molecule has 150 valence electrons. The first-order chi connectivity index (χ1) is 13.8. The summed E-state index contributed by atoms with van der Waals surface area (Å²) in [7, 11) is 0. The van der Waals surface area contributed by atoms with E-state index in [0.717, 1.165) is 11.1 Å². The highest BCUT2D eigenvalue weighted by Gasteiger charge is 2.34. The van der Waals surface area contributed by atoms with E-state index in [9.17, 15) is 14.7 Å². The number of aliphatic carboxylic acids is 1. The van der Waals surface area contributed by atoms with Crippen molar-refractivity contribution in [3.63, 3.8) is 0 Å². The van der Waals surface area contributed by atoms with Crippen LogP contribution >= 0.6 is 0 Å². The number of nitrogens with zero attached hydrogens (tertiary/aromatic N) is 2. The van der Waals surface area contributed by atoms with Crippen LogP contribution in [-0.4, -0.2) is 32.7 Å². The number of rotatable bonds is 7. The Morgan fingerprint density at radius 3 is 2.00 bits per heavy atom. The van der Waals surface area contributed by atoms with E-state index in [1.54, 1.807) is 24.3 Å². The normalized spacial score (nSPS) is 12.9. The highest BCUT2D eigenvalue weighted by molar-refractivity contribution is 5.98. The molecule has 2 aromatic carbocycles. The summed E-state index contributed by atoms with van der Waals surface area (Å²) < 4.78 is 5.74. The molecule has 0 aliphatic carbocycles. The van der Waals surface area contributed by atoms with Crippen LogP contribution in [0.2, 0.25) is 0 Å². The molecule has 2 N–H and O–H groups in total. The number of aromatic nitrogens is 2. The van der Waals surface area contributed by atoms with E-state index >= 15 is 0 Å². The van der Waals surface area contributed by atoms with Gasteiger partial charge in [0.25, 0.3) is 5.91 Å². The molecule has 1 heterocycles. The predicted molar refractivity (Wildman–Crippen MR) is 108 cm³/mol. The smallest absolute Gasteiger partial charge is 0.329 e. The first-order valence-corrected chi connectivity index (χ1v) is 9.39. The molecule has 1 amide bonds. The zero-order valence-corrected chi connectivity index (χ0v) is 16.6. The number of benzene rings is 2. The molecule has 0 aliphatic rings. The van der Waals surface area contributed by atoms with Gasteiger partial charge in [0.1, 0.15) is 5.54 Å². The van der Waals surface area contributed by atoms with E-state index in [1.807, 2.05) is 38.1 Å². The maximum atomic E-state index is 12.5. The van der Waals surface area contributed by atoms with Crippen LogP contribution in [0.25, 0.3) is 22.9 Å². The van der Waals surface area contributed by atoms with Crippen molar-refractivity contribution in [3.8, 4) is 22.9 Å². The van der Waals surface area contributed by atoms with Crippen molar-refractivity contribution >= 4 is 11.9 Å². The predicted octanol–water partition coefficient (Wildman–Crippen LogP) is 4.09.